The monoisotopic (exact) mass is 412 g/mol. The first-order chi connectivity index (χ1) is 14.5. The van der Waals surface area contributed by atoms with Crippen LogP contribution in [0.5, 0.6) is 5.75 Å². The van der Waals surface area contributed by atoms with Crippen molar-refractivity contribution in [3.63, 3.8) is 0 Å². The Morgan fingerprint density at radius 2 is 1.73 bits per heavy atom. The molecule has 0 spiro atoms. The Morgan fingerprint density at radius 1 is 1.00 bits per heavy atom. The van der Waals surface area contributed by atoms with Gasteiger partial charge in [0.15, 0.2) is 6.61 Å². The molecule has 2 N–H and O–H groups in total. The lowest BCUT2D eigenvalue weighted by atomic mass is 10.1. The maximum atomic E-state index is 12.3. The molecule has 2 aromatic rings. The SMILES string of the molecule is COCCNC(=O)COC(=O)c1ccccc1NC(=O)/C=C/c1ccc(OC)cc1. The van der Waals surface area contributed by atoms with Crippen LogP contribution in [0.25, 0.3) is 6.08 Å². The van der Waals surface area contributed by atoms with Crippen molar-refractivity contribution in [3.8, 4) is 5.75 Å². The Bertz CT molecular complexity index is 893. The third-order valence-corrected chi connectivity index (χ3v) is 3.91. The lowest BCUT2D eigenvalue weighted by Crippen LogP contribution is -2.31. The van der Waals surface area contributed by atoms with Crippen LogP contribution in [0.3, 0.4) is 0 Å². The number of anilines is 1. The number of carbonyl (C=O) groups is 3. The Kier molecular flexibility index (Phi) is 9.08. The number of amides is 2. The number of benzene rings is 2. The molecule has 0 aliphatic carbocycles. The fourth-order valence-electron chi connectivity index (χ4n) is 2.38. The van der Waals surface area contributed by atoms with E-state index in [0.29, 0.717) is 13.2 Å². The summed E-state index contributed by atoms with van der Waals surface area (Å²) in [4.78, 5) is 36.2. The van der Waals surface area contributed by atoms with Crippen LogP contribution in [0.15, 0.2) is 54.6 Å². The molecular weight excluding hydrogens is 388 g/mol. The lowest BCUT2D eigenvalue weighted by molar-refractivity contribution is -0.124. The molecule has 0 fully saturated rings. The standard InChI is InChI=1S/C22H24N2O6/c1-28-14-13-23-21(26)15-30-22(27)18-5-3-4-6-19(18)24-20(25)12-9-16-7-10-17(29-2)11-8-16/h3-12H,13-15H2,1-2H3,(H,23,26)(H,24,25)/b12-9+. The molecule has 0 bridgehead atoms. The summed E-state index contributed by atoms with van der Waals surface area (Å²) in [5.41, 5.74) is 1.25. The fourth-order valence-corrected chi connectivity index (χ4v) is 2.38. The third kappa shape index (κ3) is 7.40. The summed E-state index contributed by atoms with van der Waals surface area (Å²) in [5.74, 6) is -0.851. The van der Waals surface area contributed by atoms with Gasteiger partial charge in [-0.2, -0.15) is 0 Å². The highest BCUT2D eigenvalue weighted by Gasteiger charge is 2.15. The van der Waals surface area contributed by atoms with Crippen LogP contribution in [-0.2, 0) is 19.1 Å². The minimum absolute atomic E-state index is 0.147. The second-order valence-electron chi connectivity index (χ2n) is 6.06. The van der Waals surface area contributed by atoms with Crippen LogP contribution < -0.4 is 15.4 Å². The van der Waals surface area contributed by atoms with Gasteiger partial charge < -0.3 is 24.8 Å². The van der Waals surface area contributed by atoms with E-state index in [2.05, 4.69) is 10.6 Å². The van der Waals surface area contributed by atoms with Crippen molar-refractivity contribution in [1.82, 2.24) is 5.32 Å². The van der Waals surface area contributed by atoms with Gasteiger partial charge in [-0.15, -0.1) is 0 Å². The molecule has 0 atom stereocenters. The predicted molar refractivity (Wildman–Crippen MR) is 112 cm³/mol. The minimum atomic E-state index is -0.716. The number of nitrogens with one attached hydrogen (secondary N) is 2. The zero-order chi connectivity index (χ0) is 21.8. The molecule has 0 heterocycles. The van der Waals surface area contributed by atoms with Crippen molar-refractivity contribution in [1.29, 1.82) is 0 Å². The Labute approximate surface area is 174 Å². The predicted octanol–water partition coefficient (Wildman–Crippen LogP) is 2.27. The van der Waals surface area contributed by atoms with Crippen molar-refractivity contribution in [3.05, 3.63) is 65.7 Å². The largest absolute Gasteiger partial charge is 0.497 e. The van der Waals surface area contributed by atoms with E-state index in [4.69, 9.17) is 14.2 Å². The molecule has 0 unspecified atom stereocenters. The van der Waals surface area contributed by atoms with Crippen molar-refractivity contribution in [2.24, 2.45) is 0 Å². The number of ether oxygens (including phenoxy) is 3. The molecular formula is C22H24N2O6. The molecule has 0 saturated heterocycles. The van der Waals surface area contributed by atoms with Gasteiger partial charge in [-0.1, -0.05) is 24.3 Å². The van der Waals surface area contributed by atoms with E-state index in [1.807, 2.05) is 12.1 Å². The highest BCUT2D eigenvalue weighted by atomic mass is 16.5. The summed E-state index contributed by atoms with van der Waals surface area (Å²) in [6.45, 7) is 0.251. The number of para-hydroxylation sites is 1. The molecule has 0 radical (unpaired) electrons. The van der Waals surface area contributed by atoms with E-state index in [1.54, 1.807) is 43.5 Å². The van der Waals surface area contributed by atoms with Crippen LogP contribution in [0.2, 0.25) is 0 Å². The molecule has 2 amide bonds. The van der Waals surface area contributed by atoms with Gasteiger partial charge in [0.1, 0.15) is 5.75 Å². The molecule has 2 rings (SSSR count). The molecule has 30 heavy (non-hydrogen) atoms. The number of esters is 1. The first-order valence-corrected chi connectivity index (χ1v) is 9.18. The summed E-state index contributed by atoms with van der Waals surface area (Å²) >= 11 is 0. The van der Waals surface area contributed by atoms with Crippen LogP contribution in [0.1, 0.15) is 15.9 Å². The van der Waals surface area contributed by atoms with Gasteiger partial charge >= 0.3 is 5.97 Å². The molecule has 0 aliphatic heterocycles. The van der Waals surface area contributed by atoms with Crippen LogP contribution in [0.4, 0.5) is 5.69 Å². The smallest absolute Gasteiger partial charge is 0.340 e. The van der Waals surface area contributed by atoms with Crippen LogP contribution >= 0.6 is 0 Å². The van der Waals surface area contributed by atoms with Crippen molar-refractivity contribution in [2.45, 2.75) is 0 Å². The first kappa shape index (κ1) is 22.6. The summed E-state index contributed by atoms with van der Waals surface area (Å²) in [7, 11) is 3.10. The summed E-state index contributed by atoms with van der Waals surface area (Å²) < 4.78 is 14.9. The number of hydrogen-bond acceptors (Lipinski definition) is 6. The maximum Gasteiger partial charge on any atom is 0.340 e. The van der Waals surface area contributed by atoms with Crippen molar-refractivity contribution < 1.29 is 28.6 Å². The Balaban J connectivity index is 1.94. The lowest BCUT2D eigenvalue weighted by Gasteiger charge is -2.10. The average molecular weight is 412 g/mol. The van der Waals surface area contributed by atoms with Crippen LogP contribution in [-0.4, -0.2) is 51.8 Å². The summed E-state index contributed by atoms with van der Waals surface area (Å²) in [5, 5.41) is 5.19. The van der Waals surface area contributed by atoms with E-state index in [9.17, 15) is 14.4 Å². The highest BCUT2D eigenvalue weighted by molar-refractivity contribution is 6.06. The molecule has 158 valence electrons. The molecule has 0 aromatic heterocycles. The summed E-state index contributed by atoms with van der Waals surface area (Å²) in [6, 6.07) is 13.6. The second kappa shape index (κ2) is 12.0. The third-order valence-electron chi connectivity index (χ3n) is 3.91. The number of hydrogen-bond donors (Lipinski definition) is 2. The number of carbonyl (C=O) groups excluding carboxylic acids is 3. The van der Waals surface area contributed by atoms with E-state index >= 15 is 0 Å². The van der Waals surface area contributed by atoms with E-state index in [1.165, 1.54) is 19.3 Å². The highest BCUT2D eigenvalue weighted by Crippen LogP contribution is 2.17. The Morgan fingerprint density at radius 3 is 2.43 bits per heavy atom. The van der Waals surface area contributed by atoms with Crippen molar-refractivity contribution >= 4 is 29.5 Å². The quantitative estimate of drug-likeness (QED) is 0.353. The van der Waals surface area contributed by atoms with Gasteiger partial charge in [0, 0.05) is 19.7 Å². The van der Waals surface area contributed by atoms with Gasteiger partial charge in [-0.05, 0) is 35.9 Å². The Hall–Kier alpha value is -3.65. The maximum absolute atomic E-state index is 12.3. The molecule has 0 aliphatic rings. The zero-order valence-electron chi connectivity index (χ0n) is 16.8. The van der Waals surface area contributed by atoms with Gasteiger partial charge in [0.2, 0.25) is 5.91 Å². The van der Waals surface area contributed by atoms with Crippen LogP contribution in [0, 0.1) is 0 Å². The van der Waals surface area contributed by atoms with Gasteiger partial charge in [-0.25, -0.2) is 4.79 Å². The molecule has 8 heteroatoms. The van der Waals surface area contributed by atoms with E-state index in [0.717, 1.165) is 11.3 Å². The topological polar surface area (TPSA) is 103 Å². The van der Waals surface area contributed by atoms with Gasteiger partial charge in [0.05, 0.1) is 25.0 Å². The second-order valence-corrected chi connectivity index (χ2v) is 6.06. The van der Waals surface area contributed by atoms with E-state index < -0.39 is 24.4 Å². The molecule has 8 nitrogen and oxygen atoms in total. The zero-order valence-corrected chi connectivity index (χ0v) is 16.8. The average Bonchev–Trinajstić information content (AvgIpc) is 2.77. The molecule has 0 saturated carbocycles. The van der Waals surface area contributed by atoms with Crippen molar-refractivity contribution in [2.75, 3.05) is 39.3 Å². The van der Waals surface area contributed by atoms with Gasteiger partial charge in [0.25, 0.3) is 5.91 Å². The van der Waals surface area contributed by atoms with E-state index in [-0.39, 0.29) is 11.3 Å². The minimum Gasteiger partial charge on any atom is -0.497 e. The number of methoxy groups -OCH3 is 2. The molecule has 2 aromatic carbocycles. The summed E-state index contributed by atoms with van der Waals surface area (Å²) in [6.07, 6.45) is 2.99. The fraction of sp³-hybridized carbons (Fsp3) is 0.227. The normalized spacial score (nSPS) is 10.5. The number of rotatable bonds is 10. The van der Waals surface area contributed by atoms with Gasteiger partial charge in [-0.3, -0.25) is 9.59 Å². The first-order valence-electron chi connectivity index (χ1n) is 9.18.